The van der Waals surface area contributed by atoms with Crippen molar-refractivity contribution in [1.82, 2.24) is 0 Å². The lowest BCUT2D eigenvalue weighted by atomic mass is 9.76. The molecule has 0 amide bonds. The van der Waals surface area contributed by atoms with Crippen LogP contribution in [0.2, 0.25) is 0 Å². The number of allylic oxidation sites excluding steroid dienone is 1. The number of methoxy groups -OCH3 is 1. The van der Waals surface area contributed by atoms with Gasteiger partial charge in [0, 0.05) is 12.5 Å². The van der Waals surface area contributed by atoms with E-state index in [9.17, 15) is 4.79 Å². The third kappa shape index (κ3) is 1.58. The molecule has 1 aliphatic rings. The van der Waals surface area contributed by atoms with Crippen molar-refractivity contribution < 1.29 is 9.53 Å². The molecular weight excluding hydrogens is 152 g/mol. The van der Waals surface area contributed by atoms with E-state index in [0.717, 1.165) is 12.0 Å². The first-order valence-corrected chi connectivity index (χ1v) is 4.23. The zero-order chi connectivity index (χ0) is 9.35. The van der Waals surface area contributed by atoms with Crippen LogP contribution in [0, 0.1) is 5.41 Å². The molecule has 2 heteroatoms. The second kappa shape index (κ2) is 3.02. The molecule has 0 fully saturated rings. The van der Waals surface area contributed by atoms with Gasteiger partial charge in [0.05, 0.1) is 6.10 Å². The number of ether oxygens (including phenoxy) is 1. The standard InChI is InChI=1S/C10H16O2/c1-7-5-9(11)10(2,3)6-8(7)12-4/h5,8H,6H2,1-4H3. The summed E-state index contributed by atoms with van der Waals surface area (Å²) in [7, 11) is 1.69. The molecule has 0 bridgehead atoms. The molecule has 0 spiro atoms. The molecule has 0 saturated carbocycles. The number of carbonyl (C=O) groups is 1. The van der Waals surface area contributed by atoms with Crippen molar-refractivity contribution in [3.05, 3.63) is 11.6 Å². The zero-order valence-electron chi connectivity index (χ0n) is 8.18. The van der Waals surface area contributed by atoms with Crippen molar-refractivity contribution in [3.63, 3.8) is 0 Å². The maximum Gasteiger partial charge on any atom is 0.161 e. The third-order valence-corrected chi connectivity index (χ3v) is 2.51. The molecule has 0 aliphatic heterocycles. The fourth-order valence-corrected chi connectivity index (χ4v) is 1.49. The maximum atomic E-state index is 11.5. The van der Waals surface area contributed by atoms with Crippen LogP contribution in [-0.4, -0.2) is 19.0 Å². The summed E-state index contributed by atoms with van der Waals surface area (Å²) in [5, 5.41) is 0. The van der Waals surface area contributed by atoms with E-state index >= 15 is 0 Å². The second-order valence-electron chi connectivity index (χ2n) is 4.06. The van der Waals surface area contributed by atoms with Crippen LogP contribution >= 0.6 is 0 Å². The van der Waals surface area contributed by atoms with Crippen LogP contribution in [0.15, 0.2) is 11.6 Å². The number of carbonyl (C=O) groups excluding carboxylic acids is 1. The van der Waals surface area contributed by atoms with Crippen LogP contribution in [0.1, 0.15) is 27.2 Å². The van der Waals surface area contributed by atoms with E-state index in [1.807, 2.05) is 20.8 Å². The second-order valence-corrected chi connectivity index (χ2v) is 4.06. The SMILES string of the molecule is COC1CC(C)(C)C(=O)C=C1C. The van der Waals surface area contributed by atoms with Gasteiger partial charge in [0.25, 0.3) is 0 Å². The molecular formula is C10H16O2. The zero-order valence-corrected chi connectivity index (χ0v) is 8.18. The van der Waals surface area contributed by atoms with Gasteiger partial charge in [-0.1, -0.05) is 13.8 Å². The van der Waals surface area contributed by atoms with Crippen LogP contribution in [-0.2, 0) is 9.53 Å². The topological polar surface area (TPSA) is 26.3 Å². The van der Waals surface area contributed by atoms with Crippen LogP contribution in [0.3, 0.4) is 0 Å². The van der Waals surface area contributed by atoms with Gasteiger partial charge in [-0.25, -0.2) is 0 Å². The molecule has 1 unspecified atom stereocenters. The van der Waals surface area contributed by atoms with Gasteiger partial charge in [0.1, 0.15) is 0 Å². The smallest absolute Gasteiger partial charge is 0.161 e. The summed E-state index contributed by atoms with van der Waals surface area (Å²) in [6.07, 6.45) is 2.63. The molecule has 0 saturated heterocycles. The van der Waals surface area contributed by atoms with Gasteiger partial charge < -0.3 is 4.74 Å². The van der Waals surface area contributed by atoms with Crippen molar-refractivity contribution in [2.75, 3.05) is 7.11 Å². The molecule has 1 aliphatic carbocycles. The summed E-state index contributed by atoms with van der Waals surface area (Å²) in [6.45, 7) is 5.87. The molecule has 0 aromatic heterocycles. The summed E-state index contributed by atoms with van der Waals surface area (Å²) in [5.74, 6) is 0.216. The molecule has 1 atom stereocenters. The van der Waals surface area contributed by atoms with E-state index in [0.29, 0.717) is 0 Å². The van der Waals surface area contributed by atoms with E-state index < -0.39 is 0 Å². The van der Waals surface area contributed by atoms with Gasteiger partial charge in [0.2, 0.25) is 0 Å². The minimum atomic E-state index is -0.250. The Labute approximate surface area is 73.6 Å². The first-order valence-electron chi connectivity index (χ1n) is 4.23. The van der Waals surface area contributed by atoms with Crippen molar-refractivity contribution in [1.29, 1.82) is 0 Å². The molecule has 0 aromatic carbocycles. The molecule has 68 valence electrons. The van der Waals surface area contributed by atoms with Gasteiger partial charge in [0.15, 0.2) is 5.78 Å². The van der Waals surface area contributed by atoms with Crippen LogP contribution in [0.5, 0.6) is 0 Å². The number of rotatable bonds is 1. The average Bonchev–Trinajstić information content (AvgIpc) is 1.97. The molecule has 12 heavy (non-hydrogen) atoms. The Balaban J connectivity index is 2.90. The number of hydrogen-bond acceptors (Lipinski definition) is 2. The molecule has 2 nitrogen and oxygen atoms in total. The van der Waals surface area contributed by atoms with Gasteiger partial charge in [-0.15, -0.1) is 0 Å². The van der Waals surface area contributed by atoms with E-state index in [2.05, 4.69) is 0 Å². The van der Waals surface area contributed by atoms with Gasteiger partial charge in [-0.05, 0) is 25.0 Å². The summed E-state index contributed by atoms with van der Waals surface area (Å²) in [4.78, 5) is 11.5. The predicted octanol–water partition coefficient (Wildman–Crippen LogP) is 1.95. The predicted molar refractivity (Wildman–Crippen MR) is 48.0 cm³/mol. The molecule has 0 radical (unpaired) electrons. The Morgan fingerprint density at radius 3 is 2.67 bits per heavy atom. The summed E-state index contributed by atoms with van der Waals surface area (Å²) < 4.78 is 5.27. The van der Waals surface area contributed by atoms with E-state index in [-0.39, 0.29) is 17.3 Å². The molecule has 0 aromatic rings. The maximum absolute atomic E-state index is 11.5. The lowest BCUT2D eigenvalue weighted by molar-refractivity contribution is -0.124. The number of hydrogen-bond donors (Lipinski definition) is 0. The third-order valence-electron chi connectivity index (χ3n) is 2.51. The highest BCUT2D eigenvalue weighted by Crippen LogP contribution is 2.32. The van der Waals surface area contributed by atoms with Gasteiger partial charge in [-0.2, -0.15) is 0 Å². The fourth-order valence-electron chi connectivity index (χ4n) is 1.49. The van der Waals surface area contributed by atoms with Crippen molar-refractivity contribution in [2.24, 2.45) is 5.41 Å². The largest absolute Gasteiger partial charge is 0.377 e. The van der Waals surface area contributed by atoms with Crippen LogP contribution in [0.4, 0.5) is 0 Å². The normalized spacial score (nSPS) is 28.5. The van der Waals surface area contributed by atoms with Crippen molar-refractivity contribution >= 4 is 5.78 Å². The van der Waals surface area contributed by atoms with E-state index in [4.69, 9.17) is 4.74 Å². The van der Waals surface area contributed by atoms with E-state index in [1.165, 1.54) is 0 Å². The highest BCUT2D eigenvalue weighted by molar-refractivity contribution is 5.95. The van der Waals surface area contributed by atoms with Gasteiger partial charge in [-0.3, -0.25) is 4.79 Å². The first kappa shape index (κ1) is 9.46. The quantitative estimate of drug-likeness (QED) is 0.598. The van der Waals surface area contributed by atoms with Gasteiger partial charge >= 0.3 is 0 Å². The van der Waals surface area contributed by atoms with Crippen molar-refractivity contribution in [2.45, 2.75) is 33.3 Å². The Morgan fingerprint density at radius 1 is 1.58 bits per heavy atom. The highest BCUT2D eigenvalue weighted by Gasteiger charge is 2.34. The molecule has 0 N–H and O–H groups in total. The highest BCUT2D eigenvalue weighted by atomic mass is 16.5. The lowest BCUT2D eigenvalue weighted by Crippen LogP contribution is -2.34. The van der Waals surface area contributed by atoms with Crippen LogP contribution in [0.25, 0.3) is 0 Å². The Kier molecular flexibility index (Phi) is 2.38. The Hall–Kier alpha value is -0.630. The monoisotopic (exact) mass is 168 g/mol. The minimum absolute atomic E-state index is 0.123. The van der Waals surface area contributed by atoms with Crippen molar-refractivity contribution in [3.8, 4) is 0 Å². The molecule has 0 heterocycles. The van der Waals surface area contributed by atoms with Crippen LogP contribution < -0.4 is 0 Å². The Morgan fingerprint density at radius 2 is 2.17 bits per heavy atom. The minimum Gasteiger partial charge on any atom is -0.377 e. The molecule has 1 rings (SSSR count). The first-order chi connectivity index (χ1) is 5.47. The summed E-state index contributed by atoms with van der Waals surface area (Å²) >= 11 is 0. The summed E-state index contributed by atoms with van der Waals surface area (Å²) in [5.41, 5.74) is 0.794. The number of ketones is 1. The van der Waals surface area contributed by atoms with E-state index in [1.54, 1.807) is 13.2 Å². The lowest BCUT2D eigenvalue weighted by Gasteiger charge is -2.31. The average molecular weight is 168 g/mol. The Bertz CT molecular complexity index is 226. The summed E-state index contributed by atoms with van der Waals surface area (Å²) in [6, 6.07) is 0. The fraction of sp³-hybridized carbons (Fsp3) is 0.700.